The molecule has 0 atom stereocenters. The van der Waals surface area contributed by atoms with Crippen LogP contribution in [0.4, 0.5) is 10.7 Å². The van der Waals surface area contributed by atoms with Crippen LogP contribution in [0.25, 0.3) is 11.3 Å². The summed E-state index contributed by atoms with van der Waals surface area (Å²) in [6.07, 6.45) is 2.86. The number of likely N-dealkylation sites (tertiary alicyclic amines) is 1. The third-order valence-electron chi connectivity index (χ3n) is 9.05. The fraction of sp³-hybridized carbons (Fsp3) is 0.268. The first-order chi connectivity index (χ1) is 24.0. The van der Waals surface area contributed by atoms with Crippen molar-refractivity contribution in [3.05, 3.63) is 143 Å². The largest absolute Gasteiger partial charge is 0.497 e. The molecule has 0 N–H and O–H groups in total. The minimum absolute atomic E-state index is 0.198. The van der Waals surface area contributed by atoms with Gasteiger partial charge in [0.1, 0.15) is 11.4 Å². The number of rotatable bonds is 8. The van der Waals surface area contributed by atoms with Crippen LogP contribution in [0, 0.1) is 0 Å². The molecule has 0 saturated carbocycles. The summed E-state index contributed by atoms with van der Waals surface area (Å²) < 4.78 is 11.0. The van der Waals surface area contributed by atoms with E-state index in [4.69, 9.17) is 26.1 Å². The summed E-state index contributed by atoms with van der Waals surface area (Å²) in [5.74, 6) is 0.850. The zero-order chi connectivity index (χ0) is 35.3. The van der Waals surface area contributed by atoms with Gasteiger partial charge in [-0.3, -0.25) is 9.69 Å². The van der Waals surface area contributed by atoms with E-state index in [0.717, 1.165) is 40.8 Å². The predicted molar refractivity (Wildman–Crippen MR) is 197 cm³/mol. The Kier molecular flexibility index (Phi) is 10.2. The summed E-state index contributed by atoms with van der Waals surface area (Å²) in [4.78, 5) is 39.6. The minimum atomic E-state index is -0.556. The molecule has 0 unspecified atom stereocenters. The number of hydrogen-bond acceptors (Lipinski definition) is 6. The second-order valence-electron chi connectivity index (χ2n) is 13.5. The summed E-state index contributed by atoms with van der Waals surface area (Å²) in [7, 11) is 1.62. The Bertz CT molecular complexity index is 1920. The Morgan fingerprint density at radius 3 is 2.06 bits per heavy atom. The molecule has 8 nitrogen and oxygen atoms in total. The number of methoxy groups -OCH3 is 1. The van der Waals surface area contributed by atoms with Crippen molar-refractivity contribution >= 4 is 29.5 Å². The van der Waals surface area contributed by atoms with E-state index in [2.05, 4.69) is 41.4 Å². The lowest BCUT2D eigenvalue weighted by molar-refractivity contribution is 0.0180. The van der Waals surface area contributed by atoms with Crippen molar-refractivity contribution in [2.45, 2.75) is 51.2 Å². The molecule has 4 aromatic carbocycles. The zero-order valence-electron chi connectivity index (χ0n) is 28.8. The lowest BCUT2D eigenvalue weighted by atomic mass is 9.68. The number of benzene rings is 4. The van der Waals surface area contributed by atoms with Crippen LogP contribution in [0.3, 0.4) is 0 Å². The van der Waals surface area contributed by atoms with Gasteiger partial charge in [0.05, 0.1) is 19.3 Å². The van der Waals surface area contributed by atoms with E-state index < -0.39 is 5.60 Å². The number of piperidine rings is 1. The fourth-order valence-electron chi connectivity index (χ4n) is 6.39. The number of hydrogen-bond donors (Lipinski definition) is 0. The minimum Gasteiger partial charge on any atom is -0.497 e. The van der Waals surface area contributed by atoms with Gasteiger partial charge in [-0.15, -0.1) is 0 Å². The van der Waals surface area contributed by atoms with Crippen LogP contribution < -0.4 is 9.64 Å². The number of nitrogens with zero attached hydrogens (tertiary/aromatic N) is 4. The highest BCUT2D eigenvalue weighted by Crippen LogP contribution is 2.43. The van der Waals surface area contributed by atoms with Gasteiger partial charge < -0.3 is 14.4 Å². The lowest BCUT2D eigenvalue weighted by Gasteiger charge is -2.43. The van der Waals surface area contributed by atoms with E-state index >= 15 is 0 Å². The van der Waals surface area contributed by atoms with Gasteiger partial charge in [0.15, 0.2) is 0 Å². The van der Waals surface area contributed by atoms with Crippen LogP contribution in [0.1, 0.15) is 60.7 Å². The molecule has 1 saturated heterocycles. The van der Waals surface area contributed by atoms with Crippen LogP contribution in [0.2, 0.25) is 5.02 Å². The molecule has 0 radical (unpaired) electrons. The number of carbonyl (C=O) groups excluding carboxylic acids is 2. The molecule has 0 bridgehead atoms. The molecular formula is C41H41ClN4O4. The molecule has 1 aromatic heterocycles. The van der Waals surface area contributed by atoms with E-state index in [0.29, 0.717) is 35.3 Å². The third-order valence-corrected chi connectivity index (χ3v) is 9.30. The first kappa shape index (κ1) is 34.6. The highest BCUT2D eigenvalue weighted by molar-refractivity contribution is 6.30. The molecule has 2 heterocycles. The molecule has 50 heavy (non-hydrogen) atoms. The van der Waals surface area contributed by atoms with Gasteiger partial charge in [-0.1, -0.05) is 78.3 Å². The van der Waals surface area contributed by atoms with Crippen LogP contribution in [-0.2, 0) is 16.7 Å². The summed E-state index contributed by atoms with van der Waals surface area (Å²) in [6.45, 7) is 7.06. The van der Waals surface area contributed by atoms with Gasteiger partial charge in [-0.2, -0.15) is 0 Å². The van der Waals surface area contributed by atoms with Crippen molar-refractivity contribution in [3.63, 3.8) is 0 Å². The molecule has 0 spiro atoms. The first-order valence-corrected chi connectivity index (χ1v) is 17.1. The van der Waals surface area contributed by atoms with Gasteiger partial charge in [0.2, 0.25) is 5.95 Å². The highest BCUT2D eigenvalue weighted by Gasteiger charge is 2.40. The Balaban J connectivity index is 1.30. The second-order valence-corrected chi connectivity index (χ2v) is 13.9. The maximum Gasteiger partial charge on any atom is 0.410 e. The van der Waals surface area contributed by atoms with Crippen molar-refractivity contribution in [1.29, 1.82) is 0 Å². The second kappa shape index (κ2) is 14.7. The molecule has 0 aliphatic carbocycles. The highest BCUT2D eigenvalue weighted by atomic mass is 35.5. The fourth-order valence-corrected chi connectivity index (χ4v) is 6.52. The van der Waals surface area contributed by atoms with Gasteiger partial charge in [-0.25, -0.2) is 14.8 Å². The maximum absolute atomic E-state index is 13.8. The number of anilines is 1. The molecule has 1 fully saturated rings. The van der Waals surface area contributed by atoms with Gasteiger partial charge in [0, 0.05) is 40.9 Å². The maximum atomic E-state index is 13.8. The summed E-state index contributed by atoms with van der Waals surface area (Å²) >= 11 is 6.29. The average molecular weight is 689 g/mol. The third kappa shape index (κ3) is 7.81. The van der Waals surface area contributed by atoms with E-state index in [1.807, 2.05) is 81.4 Å². The molecule has 9 heteroatoms. The quantitative estimate of drug-likeness (QED) is 0.162. The Labute approximate surface area is 298 Å². The summed E-state index contributed by atoms with van der Waals surface area (Å²) in [5, 5.41) is 0.678. The number of halogens is 1. The molecule has 1 aliphatic heterocycles. The van der Waals surface area contributed by atoms with Crippen molar-refractivity contribution in [2.75, 3.05) is 25.1 Å². The molecule has 6 rings (SSSR count). The Morgan fingerprint density at radius 2 is 1.46 bits per heavy atom. The summed E-state index contributed by atoms with van der Waals surface area (Å²) in [5.41, 5.74) is 4.46. The van der Waals surface area contributed by atoms with Crippen LogP contribution in [0.5, 0.6) is 5.75 Å². The molecule has 256 valence electrons. The van der Waals surface area contributed by atoms with Gasteiger partial charge in [0.25, 0.3) is 5.91 Å². The molecule has 5 aromatic rings. The normalized spacial score (nSPS) is 14.1. The van der Waals surface area contributed by atoms with E-state index in [9.17, 15) is 9.59 Å². The smallest absolute Gasteiger partial charge is 0.410 e. The molecular weight excluding hydrogens is 648 g/mol. The number of ether oxygens (including phenoxy) is 2. The van der Waals surface area contributed by atoms with E-state index in [1.54, 1.807) is 35.2 Å². The van der Waals surface area contributed by atoms with Gasteiger partial charge >= 0.3 is 6.09 Å². The SMILES string of the molecule is COc1ccc(CN(C(=O)c2ccccc2)c2nccc(-c3ccc(C4(c5ccc(Cl)cc5)CCN(C(=O)OC(C)(C)C)CC4)cc3)n2)cc1. The number of amides is 2. The summed E-state index contributed by atoms with van der Waals surface area (Å²) in [6, 6.07) is 35.0. The predicted octanol–water partition coefficient (Wildman–Crippen LogP) is 8.97. The Hall–Kier alpha value is -5.21. The average Bonchev–Trinajstić information content (AvgIpc) is 3.14. The van der Waals surface area contributed by atoms with E-state index in [-0.39, 0.29) is 24.0 Å². The lowest BCUT2D eigenvalue weighted by Crippen LogP contribution is -2.47. The topological polar surface area (TPSA) is 84.9 Å². The van der Waals surface area contributed by atoms with Crippen molar-refractivity contribution in [2.24, 2.45) is 0 Å². The monoisotopic (exact) mass is 688 g/mol. The van der Waals surface area contributed by atoms with Gasteiger partial charge in [-0.05, 0) is 92.8 Å². The standard InChI is InChI=1S/C41H41ClN4O4/c1-40(2,3)50-39(48)45-26-23-41(24-27-45,33-16-18-34(42)19-17-33)32-14-12-30(13-15-32)36-22-25-43-38(44-36)46(37(47)31-8-6-5-7-9-31)28-29-10-20-35(49-4)21-11-29/h5-22,25H,23-24,26-28H2,1-4H3. The zero-order valence-corrected chi connectivity index (χ0v) is 29.6. The van der Waals surface area contributed by atoms with Crippen molar-refractivity contribution in [1.82, 2.24) is 14.9 Å². The number of carbonyl (C=O) groups is 2. The molecule has 2 amide bonds. The number of aromatic nitrogens is 2. The van der Waals surface area contributed by atoms with Crippen LogP contribution >= 0.6 is 11.6 Å². The molecule has 1 aliphatic rings. The van der Waals surface area contributed by atoms with E-state index in [1.165, 1.54) is 0 Å². The van der Waals surface area contributed by atoms with Crippen molar-refractivity contribution in [3.8, 4) is 17.0 Å². The van der Waals surface area contributed by atoms with Crippen LogP contribution in [0.15, 0.2) is 115 Å². The first-order valence-electron chi connectivity index (χ1n) is 16.7. The Morgan fingerprint density at radius 1 is 0.840 bits per heavy atom. The van der Waals surface area contributed by atoms with Crippen molar-refractivity contribution < 1.29 is 19.1 Å². The van der Waals surface area contributed by atoms with Crippen LogP contribution in [-0.4, -0.2) is 52.7 Å².